The third-order valence-corrected chi connectivity index (χ3v) is 5.43. The van der Waals surface area contributed by atoms with E-state index >= 15 is 0 Å². The molecule has 8 nitrogen and oxygen atoms in total. The first-order chi connectivity index (χ1) is 12.5. The summed E-state index contributed by atoms with van der Waals surface area (Å²) >= 11 is 0. The van der Waals surface area contributed by atoms with Gasteiger partial charge in [-0.15, -0.1) is 0 Å². The second-order valence-corrected chi connectivity index (χ2v) is 7.67. The van der Waals surface area contributed by atoms with Crippen LogP contribution in [0.4, 0.5) is 0 Å². The van der Waals surface area contributed by atoms with Crippen molar-refractivity contribution >= 4 is 15.9 Å². The summed E-state index contributed by atoms with van der Waals surface area (Å²) in [5.41, 5.74) is 0.925. The predicted octanol–water partition coefficient (Wildman–Crippen LogP) is 0.864. The van der Waals surface area contributed by atoms with Gasteiger partial charge in [-0.2, -0.15) is 0 Å². The highest BCUT2D eigenvalue weighted by Crippen LogP contribution is 2.14. The van der Waals surface area contributed by atoms with Crippen molar-refractivity contribution in [1.29, 1.82) is 0 Å². The van der Waals surface area contributed by atoms with Crippen LogP contribution in [0.15, 0.2) is 47.8 Å². The largest absolute Gasteiger partial charge is 0.377 e. The fourth-order valence-electron chi connectivity index (χ4n) is 2.59. The van der Waals surface area contributed by atoms with Crippen LogP contribution in [-0.2, 0) is 21.3 Å². The van der Waals surface area contributed by atoms with E-state index in [1.54, 1.807) is 24.4 Å². The maximum atomic E-state index is 12.4. The van der Waals surface area contributed by atoms with E-state index in [0.717, 1.165) is 12.8 Å². The highest BCUT2D eigenvalue weighted by Gasteiger charge is 2.21. The number of rotatable bonds is 7. The van der Waals surface area contributed by atoms with Gasteiger partial charge in [0.15, 0.2) is 0 Å². The molecule has 1 unspecified atom stereocenters. The van der Waals surface area contributed by atoms with Crippen molar-refractivity contribution in [1.82, 2.24) is 20.0 Å². The molecule has 1 fully saturated rings. The Kier molecular flexibility index (Phi) is 5.92. The minimum Gasteiger partial charge on any atom is -0.377 e. The number of nitrogens with zero attached hydrogens (tertiary/aromatic N) is 2. The van der Waals surface area contributed by atoms with Gasteiger partial charge in [-0.1, -0.05) is 6.07 Å². The van der Waals surface area contributed by atoms with Gasteiger partial charge in [-0.3, -0.25) is 4.79 Å². The van der Waals surface area contributed by atoms with Gasteiger partial charge in [0, 0.05) is 24.9 Å². The Labute approximate surface area is 152 Å². The van der Waals surface area contributed by atoms with E-state index in [9.17, 15) is 13.2 Å². The van der Waals surface area contributed by atoms with E-state index in [0.29, 0.717) is 12.3 Å². The number of hydrogen-bond acceptors (Lipinski definition) is 6. The Bertz CT molecular complexity index is 852. The van der Waals surface area contributed by atoms with Gasteiger partial charge in [0.2, 0.25) is 10.0 Å². The second-order valence-electron chi connectivity index (χ2n) is 5.90. The maximum Gasteiger partial charge on any atom is 0.251 e. The van der Waals surface area contributed by atoms with Crippen LogP contribution in [-0.4, -0.2) is 43.5 Å². The van der Waals surface area contributed by atoms with Gasteiger partial charge in [0.25, 0.3) is 5.91 Å². The zero-order valence-electron chi connectivity index (χ0n) is 14.1. The molecular weight excluding hydrogens is 356 g/mol. The standard InChI is InChI=1S/C17H20N4O4S/c22-17(19-10-14-6-7-18-12-20-14)13-3-1-5-16(9-13)26(23,24)21-11-15-4-2-8-25-15/h1,3,5-7,9,12,15,21H,2,4,8,10-11H2,(H,19,22). The average molecular weight is 376 g/mol. The summed E-state index contributed by atoms with van der Waals surface area (Å²) in [6.45, 7) is 1.12. The Morgan fingerprint density at radius 1 is 1.31 bits per heavy atom. The van der Waals surface area contributed by atoms with Gasteiger partial charge >= 0.3 is 0 Å². The average Bonchev–Trinajstić information content (AvgIpc) is 3.19. The lowest BCUT2D eigenvalue weighted by Crippen LogP contribution is -2.32. The molecule has 1 atom stereocenters. The second kappa shape index (κ2) is 8.35. The van der Waals surface area contributed by atoms with Gasteiger partial charge < -0.3 is 10.1 Å². The van der Waals surface area contributed by atoms with Crippen molar-refractivity contribution < 1.29 is 17.9 Å². The minimum absolute atomic E-state index is 0.0465. The summed E-state index contributed by atoms with van der Waals surface area (Å²) in [7, 11) is -3.70. The number of carbonyl (C=O) groups is 1. The van der Waals surface area contributed by atoms with E-state index in [-0.39, 0.29) is 35.6 Å². The smallest absolute Gasteiger partial charge is 0.251 e. The normalized spacial score (nSPS) is 17.2. The van der Waals surface area contributed by atoms with E-state index in [2.05, 4.69) is 20.0 Å². The molecule has 0 radical (unpaired) electrons. The molecule has 0 saturated carbocycles. The summed E-state index contributed by atoms with van der Waals surface area (Å²) in [5.74, 6) is -0.375. The van der Waals surface area contributed by atoms with E-state index < -0.39 is 10.0 Å². The van der Waals surface area contributed by atoms with Crippen LogP contribution in [0.2, 0.25) is 0 Å². The van der Waals surface area contributed by atoms with Crippen LogP contribution in [0.1, 0.15) is 28.9 Å². The summed E-state index contributed by atoms with van der Waals surface area (Å²) in [5, 5.41) is 2.71. The first-order valence-electron chi connectivity index (χ1n) is 8.29. The van der Waals surface area contributed by atoms with Crippen molar-refractivity contribution in [2.24, 2.45) is 0 Å². The van der Waals surface area contributed by atoms with Crippen LogP contribution < -0.4 is 10.0 Å². The number of ether oxygens (including phenoxy) is 1. The molecule has 0 bridgehead atoms. The summed E-state index contributed by atoms with van der Waals surface area (Å²) in [6, 6.07) is 7.61. The topological polar surface area (TPSA) is 110 Å². The fraction of sp³-hybridized carbons (Fsp3) is 0.353. The lowest BCUT2D eigenvalue weighted by molar-refractivity contribution is 0.0950. The number of benzene rings is 1. The molecule has 1 aromatic heterocycles. The minimum atomic E-state index is -3.70. The van der Waals surface area contributed by atoms with Gasteiger partial charge in [-0.25, -0.2) is 23.1 Å². The van der Waals surface area contributed by atoms with E-state index in [4.69, 9.17) is 4.74 Å². The number of nitrogens with one attached hydrogen (secondary N) is 2. The first kappa shape index (κ1) is 18.4. The highest BCUT2D eigenvalue weighted by molar-refractivity contribution is 7.89. The number of aromatic nitrogens is 2. The Hall–Kier alpha value is -2.36. The molecule has 1 saturated heterocycles. The van der Waals surface area contributed by atoms with E-state index in [1.165, 1.54) is 18.5 Å². The van der Waals surface area contributed by atoms with Crippen molar-refractivity contribution in [3.63, 3.8) is 0 Å². The monoisotopic (exact) mass is 376 g/mol. The molecule has 2 aromatic rings. The van der Waals surface area contributed by atoms with Crippen molar-refractivity contribution in [3.8, 4) is 0 Å². The van der Waals surface area contributed by atoms with Crippen LogP contribution in [0.3, 0.4) is 0 Å². The Morgan fingerprint density at radius 2 is 2.19 bits per heavy atom. The van der Waals surface area contributed by atoms with E-state index in [1.807, 2.05) is 0 Å². The molecule has 26 heavy (non-hydrogen) atoms. The summed E-state index contributed by atoms with van der Waals surface area (Å²) < 4.78 is 32.8. The third-order valence-electron chi connectivity index (χ3n) is 4.00. The predicted molar refractivity (Wildman–Crippen MR) is 93.8 cm³/mol. The van der Waals surface area contributed by atoms with Crippen LogP contribution in [0, 0.1) is 0 Å². The van der Waals surface area contributed by atoms with Crippen LogP contribution in [0.5, 0.6) is 0 Å². The molecule has 3 rings (SSSR count). The van der Waals surface area contributed by atoms with Gasteiger partial charge in [0.05, 0.1) is 23.2 Å². The zero-order valence-corrected chi connectivity index (χ0v) is 14.9. The molecule has 0 aliphatic carbocycles. The van der Waals surface area contributed by atoms with Crippen LogP contribution in [0.25, 0.3) is 0 Å². The highest BCUT2D eigenvalue weighted by atomic mass is 32.2. The quantitative estimate of drug-likeness (QED) is 0.742. The van der Waals surface area contributed by atoms with Gasteiger partial charge in [-0.05, 0) is 37.1 Å². The zero-order chi connectivity index (χ0) is 18.4. The summed E-state index contributed by atoms with van der Waals surface area (Å²) in [6.07, 6.45) is 4.67. The molecule has 138 valence electrons. The molecule has 2 N–H and O–H groups in total. The van der Waals surface area contributed by atoms with Crippen molar-refractivity contribution in [2.75, 3.05) is 13.2 Å². The fourth-order valence-corrected chi connectivity index (χ4v) is 3.70. The van der Waals surface area contributed by atoms with Crippen molar-refractivity contribution in [3.05, 3.63) is 54.1 Å². The Morgan fingerprint density at radius 3 is 2.92 bits per heavy atom. The molecule has 1 aliphatic heterocycles. The molecule has 1 aromatic carbocycles. The molecule has 2 heterocycles. The molecule has 1 aliphatic rings. The number of carbonyl (C=O) groups excluding carboxylic acids is 1. The molecule has 9 heteroatoms. The van der Waals surface area contributed by atoms with Gasteiger partial charge in [0.1, 0.15) is 6.33 Å². The maximum absolute atomic E-state index is 12.4. The lowest BCUT2D eigenvalue weighted by Gasteiger charge is -2.12. The number of hydrogen-bond donors (Lipinski definition) is 2. The molecule has 1 amide bonds. The number of amides is 1. The molecule has 0 spiro atoms. The third kappa shape index (κ3) is 4.84. The SMILES string of the molecule is O=C(NCc1ccncn1)c1cccc(S(=O)(=O)NCC2CCCO2)c1. The number of sulfonamides is 1. The van der Waals surface area contributed by atoms with Crippen LogP contribution >= 0.6 is 0 Å². The molecular formula is C17H20N4O4S. The first-order valence-corrected chi connectivity index (χ1v) is 9.77. The van der Waals surface area contributed by atoms with Crippen molar-refractivity contribution in [2.45, 2.75) is 30.4 Å². The Balaban J connectivity index is 1.63. The lowest BCUT2D eigenvalue weighted by atomic mass is 10.2. The summed E-state index contributed by atoms with van der Waals surface area (Å²) in [4.78, 5) is 20.1.